The summed E-state index contributed by atoms with van der Waals surface area (Å²) in [4.78, 5) is 8.96. The first-order valence-corrected chi connectivity index (χ1v) is 10.3. The fourth-order valence-electron chi connectivity index (χ4n) is 3.38. The second-order valence-electron chi connectivity index (χ2n) is 7.22. The van der Waals surface area contributed by atoms with Crippen LogP contribution < -0.4 is 9.64 Å². The van der Waals surface area contributed by atoms with Gasteiger partial charge in [0.1, 0.15) is 34.9 Å². The van der Waals surface area contributed by atoms with Gasteiger partial charge in [-0.3, -0.25) is 4.39 Å². The number of anilines is 1. The standard InChI is InChI=1S/C21H21ClF5N5O/c1-4-7-31(13(3)21(25,26)27)19-17(18(22)30-20-28-11-29-32(19)20)16-12(2)9-14(10-15(16)24)33-8-5-6-23/h4,9-11,13H,1,5-8H2,2-3H3. The van der Waals surface area contributed by atoms with E-state index in [9.17, 15) is 17.6 Å². The van der Waals surface area contributed by atoms with Crippen LogP contribution in [-0.4, -0.2) is 51.6 Å². The zero-order valence-electron chi connectivity index (χ0n) is 17.8. The Morgan fingerprint density at radius 1 is 1.30 bits per heavy atom. The molecule has 0 aliphatic rings. The van der Waals surface area contributed by atoms with Crippen molar-refractivity contribution in [3.63, 3.8) is 0 Å². The highest BCUT2D eigenvalue weighted by molar-refractivity contribution is 6.33. The van der Waals surface area contributed by atoms with Gasteiger partial charge in [-0.15, -0.1) is 6.58 Å². The quantitative estimate of drug-likeness (QED) is 0.170. The summed E-state index contributed by atoms with van der Waals surface area (Å²) in [6.07, 6.45) is -2.09. The van der Waals surface area contributed by atoms with E-state index in [-0.39, 0.29) is 53.2 Å². The maximum Gasteiger partial charge on any atom is 0.408 e. The number of hydrogen-bond acceptors (Lipinski definition) is 5. The van der Waals surface area contributed by atoms with Crippen molar-refractivity contribution in [3.05, 3.63) is 47.6 Å². The number of hydrogen-bond donors (Lipinski definition) is 0. The van der Waals surface area contributed by atoms with Crippen LogP contribution in [0.2, 0.25) is 5.15 Å². The SMILES string of the molecule is C=CCN(c1c(-c2c(C)cc(OCCCF)cc2F)c(Cl)nc2ncnn12)C(C)C(F)(F)F. The van der Waals surface area contributed by atoms with Crippen molar-refractivity contribution in [2.45, 2.75) is 32.5 Å². The van der Waals surface area contributed by atoms with E-state index in [1.54, 1.807) is 6.92 Å². The van der Waals surface area contributed by atoms with E-state index in [0.29, 0.717) is 5.56 Å². The fourth-order valence-corrected chi connectivity index (χ4v) is 3.64. The highest BCUT2D eigenvalue weighted by Crippen LogP contribution is 2.42. The van der Waals surface area contributed by atoms with Crippen molar-refractivity contribution in [1.29, 1.82) is 0 Å². The van der Waals surface area contributed by atoms with Gasteiger partial charge in [0, 0.05) is 24.6 Å². The maximum atomic E-state index is 15.3. The molecule has 1 unspecified atom stereocenters. The Hall–Kier alpha value is -2.95. The Balaban J connectivity index is 2.28. The lowest BCUT2D eigenvalue weighted by atomic mass is 10.00. The van der Waals surface area contributed by atoms with Crippen LogP contribution in [0.15, 0.2) is 31.1 Å². The van der Waals surface area contributed by atoms with Crippen LogP contribution in [0, 0.1) is 12.7 Å². The molecular formula is C21H21ClF5N5O. The first-order chi connectivity index (χ1) is 15.6. The Kier molecular flexibility index (Phi) is 7.41. The van der Waals surface area contributed by atoms with Crippen molar-refractivity contribution in [2.75, 3.05) is 24.7 Å². The van der Waals surface area contributed by atoms with E-state index in [4.69, 9.17) is 16.3 Å². The lowest BCUT2D eigenvalue weighted by molar-refractivity contribution is -0.144. The first-order valence-electron chi connectivity index (χ1n) is 9.92. The number of aromatic nitrogens is 4. The molecule has 0 bridgehead atoms. The molecular weight excluding hydrogens is 469 g/mol. The highest BCUT2D eigenvalue weighted by Gasteiger charge is 2.42. The van der Waals surface area contributed by atoms with Gasteiger partial charge >= 0.3 is 6.18 Å². The second-order valence-corrected chi connectivity index (χ2v) is 7.58. The molecule has 0 saturated heterocycles. The van der Waals surface area contributed by atoms with Crippen LogP contribution in [0.4, 0.5) is 27.8 Å². The molecule has 0 spiro atoms. The van der Waals surface area contributed by atoms with Crippen LogP contribution in [0.25, 0.3) is 16.9 Å². The summed E-state index contributed by atoms with van der Waals surface area (Å²) >= 11 is 6.38. The molecule has 178 valence electrons. The molecule has 2 aromatic heterocycles. The molecule has 3 rings (SSSR count). The van der Waals surface area contributed by atoms with Gasteiger partial charge in [-0.25, -0.2) is 4.39 Å². The zero-order valence-corrected chi connectivity index (χ0v) is 18.6. The normalized spacial score (nSPS) is 12.7. The molecule has 0 amide bonds. The van der Waals surface area contributed by atoms with Crippen LogP contribution >= 0.6 is 11.6 Å². The van der Waals surface area contributed by atoms with Gasteiger partial charge in [0.15, 0.2) is 0 Å². The molecule has 33 heavy (non-hydrogen) atoms. The summed E-state index contributed by atoms with van der Waals surface area (Å²) in [7, 11) is 0. The van der Waals surface area contributed by atoms with Crippen molar-refractivity contribution in [2.24, 2.45) is 0 Å². The molecule has 0 radical (unpaired) electrons. The Labute approximate surface area is 191 Å². The van der Waals surface area contributed by atoms with Gasteiger partial charge in [-0.1, -0.05) is 17.7 Å². The third-order valence-corrected chi connectivity index (χ3v) is 5.23. The van der Waals surface area contributed by atoms with Crippen molar-refractivity contribution in [3.8, 4) is 16.9 Å². The number of ether oxygens (including phenoxy) is 1. The monoisotopic (exact) mass is 489 g/mol. The molecule has 6 nitrogen and oxygen atoms in total. The van der Waals surface area contributed by atoms with Gasteiger partial charge in [0.25, 0.3) is 5.78 Å². The summed E-state index contributed by atoms with van der Waals surface area (Å²) in [6.45, 7) is 5.28. The number of benzene rings is 1. The summed E-state index contributed by atoms with van der Waals surface area (Å²) in [5.41, 5.74) is 0.173. The third-order valence-electron chi connectivity index (χ3n) is 4.96. The topological polar surface area (TPSA) is 55.5 Å². The molecule has 1 aromatic carbocycles. The largest absolute Gasteiger partial charge is 0.493 e. The van der Waals surface area contributed by atoms with Crippen LogP contribution in [0.3, 0.4) is 0 Å². The van der Waals surface area contributed by atoms with Gasteiger partial charge in [-0.05, 0) is 25.5 Å². The average molecular weight is 490 g/mol. The fraction of sp³-hybridized carbons (Fsp3) is 0.381. The maximum absolute atomic E-state index is 15.3. The number of aryl methyl sites for hydroxylation is 1. The molecule has 12 heteroatoms. The number of rotatable bonds is 9. The van der Waals surface area contributed by atoms with Crippen molar-refractivity contribution in [1.82, 2.24) is 19.6 Å². The van der Waals surface area contributed by atoms with Crippen molar-refractivity contribution >= 4 is 23.2 Å². The van der Waals surface area contributed by atoms with E-state index in [1.165, 1.54) is 12.1 Å². The van der Waals surface area contributed by atoms with Gasteiger partial charge in [-0.2, -0.15) is 32.8 Å². The number of fused-ring (bicyclic) bond motifs is 1. The van der Waals surface area contributed by atoms with Crippen molar-refractivity contribution < 1.29 is 26.7 Å². The van der Waals surface area contributed by atoms with E-state index < -0.39 is 24.7 Å². The first kappa shape index (κ1) is 24.7. The highest BCUT2D eigenvalue weighted by atomic mass is 35.5. The summed E-state index contributed by atoms with van der Waals surface area (Å²) in [5.74, 6) is -0.833. The predicted molar refractivity (Wildman–Crippen MR) is 115 cm³/mol. The third kappa shape index (κ3) is 5.02. The Morgan fingerprint density at radius 3 is 2.64 bits per heavy atom. The Morgan fingerprint density at radius 2 is 2.03 bits per heavy atom. The van der Waals surface area contributed by atoms with Crippen LogP contribution in [0.1, 0.15) is 18.9 Å². The molecule has 0 fully saturated rings. The minimum atomic E-state index is -4.62. The minimum Gasteiger partial charge on any atom is -0.493 e. The summed E-state index contributed by atoms with van der Waals surface area (Å²) < 4.78 is 75.3. The predicted octanol–water partition coefficient (Wildman–Crippen LogP) is 5.57. The molecule has 0 aliphatic carbocycles. The summed E-state index contributed by atoms with van der Waals surface area (Å²) in [5, 5.41) is 3.75. The Bertz CT molecular complexity index is 1130. The smallest absolute Gasteiger partial charge is 0.408 e. The number of halogens is 6. The zero-order chi connectivity index (χ0) is 24.3. The average Bonchev–Trinajstić information content (AvgIpc) is 3.19. The van der Waals surface area contributed by atoms with Gasteiger partial charge in [0.2, 0.25) is 0 Å². The van der Waals surface area contributed by atoms with E-state index in [1.807, 2.05) is 0 Å². The van der Waals surface area contributed by atoms with Crippen LogP contribution in [0.5, 0.6) is 5.75 Å². The summed E-state index contributed by atoms with van der Waals surface area (Å²) in [6, 6.07) is 0.566. The molecule has 3 aromatic rings. The van der Waals surface area contributed by atoms with Crippen LogP contribution in [-0.2, 0) is 0 Å². The van der Waals surface area contributed by atoms with Gasteiger partial charge < -0.3 is 9.64 Å². The molecule has 1 atom stereocenters. The second kappa shape index (κ2) is 9.90. The number of nitrogens with zero attached hydrogens (tertiary/aromatic N) is 5. The van der Waals surface area contributed by atoms with E-state index >= 15 is 4.39 Å². The van der Waals surface area contributed by atoms with E-state index in [2.05, 4.69) is 21.6 Å². The van der Waals surface area contributed by atoms with E-state index in [0.717, 1.165) is 28.7 Å². The lowest BCUT2D eigenvalue weighted by Gasteiger charge is -2.33. The molecule has 0 saturated carbocycles. The molecule has 2 heterocycles. The van der Waals surface area contributed by atoms with Gasteiger partial charge in [0.05, 0.1) is 18.8 Å². The lowest BCUT2D eigenvalue weighted by Crippen LogP contribution is -2.45. The molecule has 0 N–H and O–H groups in total. The number of alkyl halides is 4. The molecule has 0 aliphatic heterocycles. The minimum absolute atomic E-state index is 0.0451.